The lowest BCUT2D eigenvalue weighted by molar-refractivity contribution is -0.122. The number of carbonyl (C=O) groups is 1. The average molecular weight is 260 g/mol. The van der Waals surface area contributed by atoms with Crippen molar-refractivity contribution in [2.75, 3.05) is 0 Å². The zero-order valence-corrected chi connectivity index (χ0v) is 11.9. The number of carbonyl (C=O) groups excluding carboxylic acids is 1. The van der Waals surface area contributed by atoms with E-state index in [1.807, 2.05) is 0 Å². The Morgan fingerprint density at radius 2 is 2.00 bits per heavy atom. The summed E-state index contributed by atoms with van der Waals surface area (Å²) in [6, 6.07) is 6.82. The van der Waals surface area contributed by atoms with Crippen LogP contribution in [0, 0.1) is 19.8 Å². The van der Waals surface area contributed by atoms with Crippen LogP contribution >= 0.6 is 0 Å². The molecule has 1 amide bonds. The van der Waals surface area contributed by atoms with Crippen molar-refractivity contribution in [1.29, 1.82) is 0 Å². The maximum absolute atomic E-state index is 11.3. The van der Waals surface area contributed by atoms with Crippen LogP contribution < -0.4 is 11.1 Å². The van der Waals surface area contributed by atoms with E-state index in [0.717, 1.165) is 32.2 Å². The highest BCUT2D eigenvalue weighted by Gasteiger charge is 2.25. The van der Waals surface area contributed by atoms with Gasteiger partial charge in [0.25, 0.3) is 0 Å². The predicted octanol–water partition coefficient (Wildman–Crippen LogP) is 2.44. The minimum atomic E-state index is -0.140. The summed E-state index contributed by atoms with van der Waals surface area (Å²) in [6.07, 6.45) is 4.09. The van der Waals surface area contributed by atoms with Gasteiger partial charge in [0.05, 0.1) is 0 Å². The monoisotopic (exact) mass is 260 g/mol. The molecule has 3 heteroatoms. The maximum Gasteiger partial charge on any atom is 0.220 e. The Kier molecular flexibility index (Phi) is 4.59. The maximum atomic E-state index is 11.3. The molecule has 0 radical (unpaired) electrons. The first kappa shape index (κ1) is 14.1. The summed E-state index contributed by atoms with van der Waals surface area (Å²) in [4.78, 5) is 11.3. The van der Waals surface area contributed by atoms with Gasteiger partial charge >= 0.3 is 0 Å². The molecule has 0 spiro atoms. The van der Waals surface area contributed by atoms with Crippen molar-refractivity contribution in [1.82, 2.24) is 5.32 Å². The fourth-order valence-electron chi connectivity index (χ4n) is 3.01. The molecule has 1 aliphatic rings. The molecule has 1 saturated carbocycles. The van der Waals surface area contributed by atoms with Crippen LogP contribution in [0.15, 0.2) is 18.2 Å². The quantitative estimate of drug-likeness (QED) is 0.873. The molecule has 0 aromatic heterocycles. The molecule has 1 aliphatic carbocycles. The number of nitrogens with two attached hydrogens (primary N) is 1. The second-order valence-electron chi connectivity index (χ2n) is 5.71. The van der Waals surface area contributed by atoms with Crippen LogP contribution in [-0.4, -0.2) is 11.9 Å². The highest BCUT2D eigenvalue weighted by atomic mass is 16.1. The zero-order chi connectivity index (χ0) is 13.8. The molecule has 104 valence electrons. The van der Waals surface area contributed by atoms with Crippen LogP contribution in [0.1, 0.15) is 42.4 Å². The van der Waals surface area contributed by atoms with Crippen LogP contribution in [0.2, 0.25) is 0 Å². The van der Waals surface area contributed by atoms with Gasteiger partial charge in [0.15, 0.2) is 0 Å². The Morgan fingerprint density at radius 3 is 2.63 bits per heavy atom. The molecule has 3 nitrogen and oxygen atoms in total. The number of benzene rings is 1. The van der Waals surface area contributed by atoms with E-state index in [4.69, 9.17) is 5.73 Å². The Bertz CT molecular complexity index is 436. The number of aryl methyl sites for hydroxylation is 2. The van der Waals surface area contributed by atoms with E-state index in [0.29, 0.717) is 6.04 Å². The Hall–Kier alpha value is -1.35. The molecule has 0 saturated heterocycles. The van der Waals surface area contributed by atoms with E-state index in [1.165, 1.54) is 16.7 Å². The zero-order valence-electron chi connectivity index (χ0n) is 11.9. The lowest BCUT2D eigenvalue weighted by atomic mass is 9.85. The molecule has 2 rings (SSSR count). The van der Waals surface area contributed by atoms with Gasteiger partial charge in [-0.2, -0.15) is 0 Å². The SMILES string of the molecule is Cc1cccc(C)c1CN[C@@H]1CCC[C@@H](C(N)=O)C1. The second-order valence-corrected chi connectivity index (χ2v) is 5.71. The highest BCUT2D eigenvalue weighted by molar-refractivity contribution is 5.76. The molecule has 19 heavy (non-hydrogen) atoms. The second kappa shape index (κ2) is 6.20. The molecular weight excluding hydrogens is 236 g/mol. The highest BCUT2D eigenvalue weighted by Crippen LogP contribution is 2.24. The fraction of sp³-hybridized carbons (Fsp3) is 0.562. The van der Waals surface area contributed by atoms with E-state index in [-0.39, 0.29) is 11.8 Å². The van der Waals surface area contributed by atoms with Gasteiger partial charge in [-0.05, 0) is 49.8 Å². The van der Waals surface area contributed by atoms with Gasteiger partial charge in [-0.1, -0.05) is 24.6 Å². The van der Waals surface area contributed by atoms with E-state index in [2.05, 4.69) is 37.4 Å². The Morgan fingerprint density at radius 1 is 1.32 bits per heavy atom. The van der Waals surface area contributed by atoms with Gasteiger partial charge in [-0.25, -0.2) is 0 Å². The molecule has 1 aromatic rings. The molecular formula is C16H24N2O. The number of hydrogen-bond acceptors (Lipinski definition) is 2. The smallest absolute Gasteiger partial charge is 0.220 e. The molecule has 2 atom stereocenters. The number of hydrogen-bond donors (Lipinski definition) is 2. The fourth-order valence-corrected chi connectivity index (χ4v) is 3.01. The van der Waals surface area contributed by atoms with Gasteiger partial charge in [-0.3, -0.25) is 4.79 Å². The van der Waals surface area contributed by atoms with Gasteiger partial charge in [-0.15, -0.1) is 0 Å². The van der Waals surface area contributed by atoms with Crippen molar-refractivity contribution in [2.24, 2.45) is 11.7 Å². The summed E-state index contributed by atoms with van der Waals surface area (Å²) >= 11 is 0. The van der Waals surface area contributed by atoms with Crippen molar-refractivity contribution in [3.8, 4) is 0 Å². The van der Waals surface area contributed by atoms with Crippen molar-refractivity contribution in [2.45, 2.75) is 52.1 Å². The van der Waals surface area contributed by atoms with Crippen molar-refractivity contribution < 1.29 is 4.79 Å². The predicted molar refractivity (Wildman–Crippen MR) is 77.7 cm³/mol. The summed E-state index contributed by atoms with van der Waals surface area (Å²) in [6.45, 7) is 5.18. The minimum absolute atomic E-state index is 0.0595. The van der Waals surface area contributed by atoms with Crippen molar-refractivity contribution in [3.05, 3.63) is 34.9 Å². The van der Waals surface area contributed by atoms with Gasteiger partial charge in [0.2, 0.25) is 5.91 Å². The lowest BCUT2D eigenvalue weighted by Crippen LogP contribution is -2.38. The molecule has 0 unspecified atom stereocenters. The molecule has 3 N–H and O–H groups in total. The van der Waals surface area contributed by atoms with Crippen LogP contribution in [0.25, 0.3) is 0 Å². The first-order chi connectivity index (χ1) is 9.08. The summed E-state index contributed by atoms with van der Waals surface area (Å²) in [5, 5.41) is 3.60. The first-order valence-electron chi connectivity index (χ1n) is 7.15. The minimum Gasteiger partial charge on any atom is -0.369 e. The molecule has 1 aromatic carbocycles. The van der Waals surface area contributed by atoms with Crippen molar-refractivity contribution in [3.63, 3.8) is 0 Å². The third-order valence-electron chi connectivity index (χ3n) is 4.29. The summed E-state index contributed by atoms with van der Waals surface area (Å²) < 4.78 is 0. The van der Waals surface area contributed by atoms with E-state index in [9.17, 15) is 4.79 Å². The van der Waals surface area contributed by atoms with Crippen LogP contribution in [-0.2, 0) is 11.3 Å². The van der Waals surface area contributed by atoms with E-state index < -0.39 is 0 Å². The Balaban J connectivity index is 1.93. The number of amides is 1. The standard InChI is InChI=1S/C16H24N2O/c1-11-5-3-6-12(2)15(11)10-18-14-8-4-7-13(9-14)16(17)19/h3,5-6,13-14,18H,4,7-10H2,1-2H3,(H2,17,19)/t13-,14-/m1/s1. The third-order valence-corrected chi connectivity index (χ3v) is 4.29. The largest absolute Gasteiger partial charge is 0.369 e. The number of primary amides is 1. The van der Waals surface area contributed by atoms with Crippen molar-refractivity contribution >= 4 is 5.91 Å². The molecule has 0 bridgehead atoms. The normalized spacial score (nSPS) is 23.3. The number of rotatable bonds is 4. The van der Waals surface area contributed by atoms with E-state index in [1.54, 1.807) is 0 Å². The average Bonchev–Trinajstić information content (AvgIpc) is 2.38. The molecule has 0 heterocycles. The third kappa shape index (κ3) is 3.57. The van der Waals surface area contributed by atoms with Gasteiger partial charge in [0.1, 0.15) is 0 Å². The number of nitrogens with one attached hydrogen (secondary N) is 1. The first-order valence-corrected chi connectivity index (χ1v) is 7.15. The van der Waals surface area contributed by atoms with E-state index >= 15 is 0 Å². The van der Waals surface area contributed by atoms with Crippen LogP contribution in [0.5, 0.6) is 0 Å². The Labute approximate surface area is 115 Å². The molecule has 1 fully saturated rings. The van der Waals surface area contributed by atoms with Gasteiger partial charge < -0.3 is 11.1 Å². The molecule has 0 aliphatic heterocycles. The summed E-state index contributed by atoms with van der Waals surface area (Å²) in [5.74, 6) is -0.0808. The van der Waals surface area contributed by atoms with Crippen LogP contribution in [0.4, 0.5) is 0 Å². The summed E-state index contributed by atoms with van der Waals surface area (Å²) in [7, 11) is 0. The summed E-state index contributed by atoms with van der Waals surface area (Å²) in [5.41, 5.74) is 9.45. The lowest BCUT2D eigenvalue weighted by Gasteiger charge is -2.28. The van der Waals surface area contributed by atoms with Crippen LogP contribution in [0.3, 0.4) is 0 Å². The van der Waals surface area contributed by atoms with Gasteiger partial charge in [0, 0.05) is 18.5 Å². The topological polar surface area (TPSA) is 55.1 Å².